The smallest absolute Gasteiger partial charge is 0.251 e. The van der Waals surface area contributed by atoms with Gasteiger partial charge >= 0.3 is 0 Å². The highest BCUT2D eigenvalue weighted by atomic mass is 16.5. The lowest BCUT2D eigenvalue weighted by Gasteiger charge is -2.16. The van der Waals surface area contributed by atoms with Crippen LogP contribution < -0.4 is 5.32 Å². The summed E-state index contributed by atoms with van der Waals surface area (Å²) in [7, 11) is 1.60. The van der Waals surface area contributed by atoms with Crippen LogP contribution in [0.5, 0.6) is 0 Å². The molecule has 2 aromatic carbocycles. The van der Waals surface area contributed by atoms with Crippen molar-refractivity contribution in [1.29, 1.82) is 0 Å². The second-order valence-electron chi connectivity index (χ2n) is 7.83. The minimum atomic E-state index is -0.321. The van der Waals surface area contributed by atoms with Crippen LogP contribution in [-0.2, 0) is 4.74 Å². The van der Waals surface area contributed by atoms with Gasteiger partial charge in [0, 0.05) is 30.6 Å². The second kappa shape index (κ2) is 9.66. The highest BCUT2D eigenvalue weighted by Gasteiger charge is 2.19. The van der Waals surface area contributed by atoms with Gasteiger partial charge in [0.05, 0.1) is 11.7 Å². The zero-order chi connectivity index (χ0) is 23.4. The van der Waals surface area contributed by atoms with Gasteiger partial charge in [-0.25, -0.2) is 9.97 Å². The fraction of sp³-hybridized carbons (Fsp3) is 0.250. The van der Waals surface area contributed by atoms with Crippen molar-refractivity contribution in [2.75, 3.05) is 7.11 Å². The summed E-state index contributed by atoms with van der Waals surface area (Å²) in [4.78, 5) is 21.3. The van der Waals surface area contributed by atoms with Gasteiger partial charge in [0.2, 0.25) is 0 Å². The Morgan fingerprint density at radius 2 is 1.76 bits per heavy atom. The summed E-state index contributed by atoms with van der Waals surface area (Å²) < 4.78 is 7.00. The lowest BCUT2D eigenvalue weighted by Crippen LogP contribution is -2.27. The Morgan fingerprint density at radius 1 is 1.03 bits per heavy atom. The third kappa shape index (κ3) is 4.93. The Balaban J connectivity index is 1.75. The van der Waals surface area contributed by atoms with E-state index in [9.17, 15) is 4.79 Å². The van der Waals surface area contributed by atoms with E-state index in [-0.39, 0.29) is 18.1 Å². The van der Waals surface area contributed by atoms with Crippen LogP contribution in [0.2, 0.25) is 0 Å². The molecule has 1 amide bonds. The first kappa shape index (κ1) is 22.2. The van der Waals surface area contributed by atoms with Crippen LogP contribution in [0.4, 0.5) is 0 Å². The molecule has 0 spiro atoms. The summed E-state index contributed by atoms with van der Waals surface area (Å²) in [5.74, 6) is 0.315. The molecule has 9 heteroatoms. The molecule has 168 valence electrons. The highest BCUT2D eigenvalue weighted by molar-refractivity contribution is 5.96. The standard InChI is InChI=1S/C24H25N7O2/c1-15-5-7-18(8-6-15)19-9-20(24(32)27-16(2)21-12-25-14-26-13-21)11-22(10-19)31-23(17(3)33-4)28-29-30-31/h5-14,16-17H,1-4H3,(H,27,32)/t16?,17-/m1/s1. The van der Waals surface area contributed by atoms with Crippen molar-refractivity contribution >= 4 is 5.91 Å². The van der Waals surface area contributed by atoms with Gasteiger partial charge in [-0.3, -0.25) is 4.79 Å². The number of benzene rings is 2. The maximum Gasteiger partial charge on any atom is 0.251 e. The fourth-order valence-corrected chi connectivity index (χ4v) is 3.41. The lowest BCUT2D eigenvalue weighted by atomic mass is 10.00. The Hall–Kier alpha value is -3.98. The molecule has 1 unspecified atom stereocenters. The molecular weight excluding hydrogens is 418 g/mol. The van der Waals surface area contributed by atoms with Crippen molar-refractivity contribution in [2.24, 2.45) is 0 Å². The normalized spacial score (nSPS) is 12.8. The number of aromatic nitrogens is 6. The fourth-order valence-electron chi connectivity index (χ4n) is 3.41. The van der Waals surface area contributed by atoms with Crippen LogP contribution in [0.15, 0.2) is 61.2 Å². The summed E-state index contributed by atoms with van der Waals surface area (Å²) in [5.41, 5.74) is 4.98. The summed E-state index contributed by atoms with van der Waals surface area (Å²) in [6, 6.07) is 13.4. The van der Waals surface area contributed by atoms with Crippen LogP contribution in [0.25, 0.3) is 16.8 Å². The Kier molecular flexibility index (Phi) is 6.50. The van der Waals surface area contributed by atoms with E-state index >= 15 is 0 Å². The molecule has 2 heterocycles. The van der Waals surface area contributed by atoms with E-state index in [0.717, 1.165) is 22.3 Å². The van der Waals surface area contributed by atoms with Gasteiger partial charge in [0.25, 0.3) is 5.91 Å². The van der Waals surface area contributed by atoms with Crippen LogP contribution in [-0.4, -0.2) is 43.2 Å². The topological polar surface area (TPSA) is 108 Å². The Morgan fingerprint density at radius 3 is 2.45 bits per heavy atom. The summed E-state index contributed by atoms with van der Waals surface area (Å²) in [6.07, 6.45) is 4.51. The molecule has 0 aliphatic heterocycles. The predicted molar refractivity (Wildman–Crippen MR) is 123 cm³/mol. The summed E-state index contributed by atoms with van der Waals surface area (Å²) in [6.45, 7) is 5.79. The van der Waals surface area contributed by atoms with Crippen molar-refractivity contribution < 1.29 is 9.53 Å². The zero-order valence-electron chi connectivity index (χ0n) is 18.9. The number of ether oxygens (including phenoxy) is 1. The number of rotatable bonds is 7. The predicted octanol–water partition coefficient (Wildman–Crippen LogP) is 3.63. The number of methoxy groups -OCH3 is 1. The van der Waals surface area contributed by atoms with Gasteiger partial charge in [-0.15, -0.1) is 5.10 Å². The third-order valence-electron chi connectivity index (χ3n) is 5.45. The van der Waals surface area contributed by atoms with Gasteiger partial charge in [-0.2, -0.15) is 4.68 Å². The van der Waals surface area contributed by atoms with Crippen LogP contribution in [0, 0.1) is 6.92 Å². The van der Waals surface area contributed by atoms with Crippen LogP contribution in [0.1, 0.15) is 53.3 Å². The maximum absolute atomic E-state index is 13.2. The van der Waals surface area contributed by atoms with E-state index in [1.165, 1.54) is 6.33 Å². The van der Waals surface area contributed by atoms with Crippen molar-refractivity contribution in [1.82, 2.24) is 35.5 Å². The quantitative estimate of drug-likeness (QED) is 0.465. The average Bonchev–Trinajstić information content (AvgIpc) is 3.34. The van der Waals surface area contributed by atoms with E-state index in [2.05, 4.69) is 30.8 Å². The van der Waals surface area contributed by atoms with Crippen molar-refractivity contribution in [2.45, 2.75) is 32.9 Å². The van der Waals surface area contributed by atoms with E-state index in [4.69, 9.17) is 4.74 Å². The van der Waals surface area contributed by atoms with Crippen molar-refractivity contribution in [3.05, 3.63) is 83.7 Å². The molecule has 1 N–H and O–H groups in total. The first-order valence-corrected chi connectivity index (χ1v) is 10.6. The molecule has 2 atom stereocenters. The van der Waals surface area contributed by atoms with Crippen LogP contribution in [0.3, 0.4) is 0 Å². The number of amides is 1. The largest absolute Gasteiger partial charge is 0.374 e. The number of nitrogens with zero attached hydrogens (tertiary/aromatic N) is 6. The number of carbonyl (C=O) groups excluding carboxylic acids is 1. The van der Waals surface area contributed by atoms with Crippen molar-refractivity contribution in [3.63, 3.8) is 0 Å². The lowest BCUT2D eigenvalue weighted by molar-refractivity contribution is 0.0939. The molecule has 0 aliphatic carbocycles. The molecular formula is C24H25N7O2. The molecule has 4 rings (SSSR count). The highest BCUT2D eigenvalue weighted by Crippen LogP contribution is 2.26. The molecule has 4 aromatic rings. The minimum Gasteiger partial charge on any atom is -0.374 e. The second-order valence-corrected chi connectivity index (χ2v) is 7.83. The Bertz CT molecular complexity index is 1240. The molecule has 2 aromatic heterocycles. The van der Waals surface area contributed by atoms with Gasteiger partial charge in [0.15, 0.2) is 5.82 Å². The van der Waals surface area contributed by atoms with E-state index in [1.807, 2.05) is 57.2 Å². The molecule has 9 nitrogen and oxygen atoms in total. The summed E-state index contributed by atoms with van der Waals surface area (Å²) >= 11 is 0. The summed E-state index contributed by atoms with van der Waals surface area (Å²) in [5, 5.41) is 15.1. The Labute approximate surface area is 191 Å². The monoisotopic (exact) mass is 443 g/mol. The number of nitrogens with one attached hydrogen (secondary N) is 1. The molecule has 0 aliphatic rings. The average molecular weight is 444 g/mol. The zero-order valence-corrected chi connectivity index (χ0v) is 18.9. The number of hydrogen-bond donors (Lipinski definition) is 1. The van der Waals surface area contributed by atoms with Crippen molar-refractivity contribution in [3.8, 4) is 16.8 Å². The van der Waals surface area contributed by atoms with Gasteiger partial charge < -0.3 is 10.1 Å². The van der Waals surface area contributed by atoms with E-state index in [0.29, 0.717) is 17.1 Å². The molecule has 0 bridgehead atoms. The molecule has 0 saturated heterocycles. The van der Waals surface area contributed by atoms with Gasteiger partial charge in [-0.1, -0.05) is 29.8 Å². The van der Waals surface area contributed by atoms with Crippen LogP contribution >= 0.6 is 0 Å². The third-order valence-corrected chi connectivity index (χ3v) is 5.45. The number of hydrogen-bond acceptors (Lipinski definition) is 7. The molecule has 0 radical (unpaired) electrons. The number of tetrazole rings is 1. The minimum absolute atomic E-state index is 0.226. The van der Waals surface area contributed by atoms with Gasteiger partial charge in [-0.05, 0) is 60.5 Å². The van der Waals surface area contributed by atoms with E-state index < -0.39 is 0 Å². The number of aryl methyl sites for hydroxylation is 1. The maximum atomic E-state index is 13.2. The molecule has 0 saturated carbocycles. The molecule has 0 fully saturated rings. The first-order chi connectivity index (χ1) is 16.0. The molecule has 33 heavy (non-hydrogen) atoms. The SMILES string of the molecule is CO[C@H](C)c1nnnn1-c1cc(C(=O)NC(C)c2cncnc2)cc(-c2ccc(C)cc2)c1. The van der Waals surface area contributed by atoms with Gasteiger partial charge in [0.1, 0.15) is 12.4 Å². The first-order valence-electron chi connectivity index (χ1n) is 10.6. The number of carbonyl (C=O) groups is 1. The van der Waals surface area contributed by atoms with E-state index in [1.54, 1.807) is 30.3 Å².